The average Bonchev–Trinajstić information content (AvgIpc) is 2.95. The van der Waals surface area contributed by atoms with Crippen molar-refractivity contribution in [1.29, 1.82) is 0 Å². The van der Waals surface area contributed by atoms with Crippen LogP contribution >= 0.6 is 15.9 Å². The molecule has 0 radical (unpaired) electrons. The van der Waals surface area contributed by atoms with E-state index in [-0.39, 0.29) is 18.2 Å². The van der Waals surface area contributed by atoms with Crippen LogP contribution in [-0.2, 0) is 11.8 Å². The first kappa shape index (κ1) is 19.2. The SMILES string of the molecule is Cc1nn(C)c(N2CCN(C(=O)COc3ccc(Br)cc3)CC2)c1[N+](=O)[O-]. The number of halogens is 1. The van der Waals surface area contributed by atoms with Crippen molar-refractivity contribution < 1.29 is 14.5 Å². The van der Waals surface area contributed by atoms with Crippen molar-refractivity contribution >= 4 is 33.3 Å². The van der Waals surface area contributed by atoms with Gasteiger partial charge in [-0.3, -0.25) is 14.9 Å². The van der Waals surface area contributed by atoms with E-state index in [0.29, 0.717) is 43.4 Å². The van der Waals surface area contributed by atoms with Crippen molar-refractivity contribution in [3.63, 3.8) is 0 Å². The van der Waals surface area contributed by atoms with E-state index >= 15 is 0 Å². The summed E-state index contributed by atoms with van der Waals surface area (Å²) in [5, 5.41) is 15.5. The molecule has 0 saturated carbocycles. The van der Waals surface area contributed by atoms with E-state index in [1.165, 1.54) is 4.68 Å². The first-order chi connectivity index (χ1) is 12.9. The molecule has 1 aromatic heterocycles. The number of hydrogen-bond donors (Lipinski definition) is 0. The third-order valence-electron chi connectivity index (χ3n) is 4.45. The molecule has 0 atom stereocenters. The maximum absolute atomic E-state index is 12.4. The van der Waals surface area contributed by atoms with Crippen molar-refractivity contribution in [2.45, 2.75) is 6.92 Å². The first-order valence-electron chi connectivity index (χ1n) is 8.46. The van der Waals surface area contributed by atoms with E-state index in [1.807, 2.05) is 17.0 Å². The fraction of sp³-hybridized carbons (Fsp3) is 0.412. The molecule has 1 saturated heterocycles. The molecule has 1 amide bonds. The van der Waals surface area contributed by atoms with Gasteiger partial charge < -0.3 is 14.5 Å². The summed E-state index contributed by atoms with van der Waals surface area (Å²) in [6.07, 6.45) is 0. The number of nitrogens with zero attached hydrogens (tertiary/aromatic N) is 5. The van der Waals surface area contributed by atoms with Crippen LogP contribution in [0.5, 0.6) is 5.75 Å². The smallest absolute Gasteiger partial charge is 0.333 e. The van der Waals surface area contributed by atoms with Crippen molar-refractivity contribution in [2.24, 2.45) is 7.05 Å². The zero-order valence-electron chi connectivity index (χ0n) is 15.1. The molecule has 2 aromatic rings. The molecule has 1 aliphatic heterocycles. The third kappa shape index (κ3) is 4.21. The van der Waals surface area contributed by atoms with Gasteiger partial charge in [-0.15, -0.1) is 0 Å². The Morgan fingerprint density at radius 1 is 1.26 bits per heavy atom. The van der Waals surface area contributed by atoms with Crippen LogP contribution in [0.25, 0.3) is 0 Å². The predicted molar refractivity (Wildman–Crippen MR) is 103 cm³/mol. The predicted octanol–water partition coefficient (Wildman–Crippen LogP) is 2.13. The largest absolute Gasteiger partial charge is 0.484 e. The monoisotopic (exact) mass is 437 g/mol. The van der Waals surface area contributed by atoms with Crippen molar-refractivity contribution in [2.75, 3.05) is 37.7 Å². The van der Waals surface area contributed by atoms with Crippen LogP contribution in [0, 0.1) is 17.0 Å². The van der Waals surface area contributed by atoms with Gasteiger partial charge >= 0.3 is 5.69 Å². The lowest BCUT2D eigenvalue weighted by Crippen LogP contribution is -2.50. The van der Waals surface area contributed by atoms with E-state index < -0.39 is 4.92 Å². The van der Waals surface area contributed by atoms with Gasteiger partial charge in [0.15, 0.2) is 6.61 Å². The van der Waals surface area contributed by atoms with Gasteiger partial charge in [-0.25, -0.2) is 4.68 Å². The molecule has 1 aromatic carbocycles. The number of hydrogen-bond acceptors (Lipinski definition) is 6. The Balaban J connectivity index is 1.58. The molecule has 0 spiro atoms. The Bertz CT molecular complexity index is 844. The number of nitro groups is 1. The van der Waals surface area contributed by atoms with Crippen LogP contribution in [0.2, 0.25) is 0 Å². The van der Waals surface area contributed by atoms with Gasteiger partial charge in [0.05, 0.1) is 4.92 Å². The number of rotatable bonds is 5. The Morgan fingerprint density at radius 3 is 2.48 bits per heavy atom. The fourth-order valence-corrected chi connectivity index (χ4v) is 3.40. The Hall–Kier alpha value is -2.62. The number of ether oxygens (including phenoxy) is 1. The second-order valence-corrected chi connectivity index (χ2v) is 7.16. The van der Waals surface area contributed by atoms with Crippen molar-refractivity contribution in [3.8, 4) is 5.75 Å². The minimum absolute atomic E-state index is 0.0239. The number of piperazine rings is 1. The normalized spacial score (nSPS) is 14.3. The first-order valence-corrected chi connectivity index (χ1v) is 9.25. The zero-order chi connectivity index (χ0) is 19.6. The molecule has 0 unspecified atom stereocenters. The van der Waals surface area contributed by atoms with Crippen molar-refractivity contribution in [1.82, 2.24) is 14.7 Å². The number of benzene rings is 1. The van der Waals surface area contributed by atoms with Crippen molar-refractivity contribution in [3.05, 3.63) is 44.5 Å². The molecule has 10 heteroatoms. The summed E-state index contributed by atoms with van der Waals surface area (Å²) in [7, 11) is 1.69. The second-order valence-electron chi connectivity index (χ2n) is 6.25. The molecule has 9 nitrogen and oxygen atoms in total. The highest BCUT2D eigenvalue weighted by Gasteiger charge is 2.31. The van der Waals surface area contributed by atoms with Crippen LogP contribution in [0.4, 0.5) is 11.5 Å². The van der Waals surface area contributed by atoms with Crippen LogP contribution < -0.4 is 9.64 Å². The molecule has 27 heavy (non-hydrogen) atoms. The summed E-state index contributed by atoms with van der Waals surface area (Å²) in [6.45, 7) is 3.55. The highest BCUT2D eigenvalue weighted by atomic mass is 79.9. The van der Waals surface area contributed by atoms with Gasteiger partial charge in [-0.1, -0.05) is 15.9 Å². The lowest BCUT2D eigenvalue weighted by molar-refractivity contribution is -0.384. The van der Waals surface area contributed by atoms with Crippen LogP contribution in [0.3, 0.4) is 0 Å². The maximum atomic E-state index is 12.4. The molecule has 2 heterocycles. The summed E-state index contributed by atoms with van der Waals surface area (Å²) in [5.41, 5.74) is 0.412. The number of carbonyl (C=O) groups is 1. The molecule has 1 aliphatic rings. The van der Waals surface area contributed by atoms with Gasteiger partial charge in [-0.05, 0) is 31.2 Å². The van der Waals surface area contributed by atoms with E-state index in [0.717, 1.165) is 4.47 Å². The molecule has 144 valence electrons. The van der Waals surface area contributed by atoms with Crippen LogP contribution in [0.1, 0.15) is 5.69 Å². The summed E-state index contributed by atoms with van der Waals surface area (Å²) in [5.74, 6) is 1.01. The molecular formula is C17H20BrN5O4. The lowest BCUT2D eigenvalue weighted by atomic mass is 10.3. The van der Waals surface area contributed by atoms with Gasteiger partial charge in [0, 0.05) is 37.7 Å². The maximum Gasteiger partial charge on any atom is 0.333 e. The quantitative estimate of drug-likeness (QED) is 0.525. The molecule has 0 bridgehead atoms. The average molecular weight is 438 g/mol. The Kier molecular flexibility index (Phi) is 5.64. The van der Waals surface area contributed by atoms with Gasteiger partial charge in [0.2, 0.25) is 5.82 Å². The minimum Gasteiger partial charge on any atom is -0.484 e. The molecule has 0 N–H and O–H groups in total. The van der Waals surface area contributed by atoms with E-state index in [9.17, 15) is 14.9 Å². The Morgan fingerprint density at radius 2 is 1.89 bits per heavy atom. The van der Waals surface area contributed by atoms with E-state index in [1.54, 1.807) is 31.0 Å². The highest BCUT2D eigenvalue weighted by Crippen LogP contribution is 2.31. The highest BCUT2D eigenvalue weighted by molar-refractivity contribution is 9.10. The lowest BCUT2D eigenvalue weighted by Gasteiger charge is -2.35. The molecule has 1 fully saturated rings. The zero-order valence-corrected chi connectivity index (χ0v) is 16.7. The number of amides is 1. The second kappa shape index (κ2) is 7.95. The molecule has 3 rings (SSSR count). The summed E-state index contributed by atoms with van der Waals surface area (Å²) in [6, 6.07) is 7.28. The topological polar surface area (TPSA) is 93.7 Å². The third-order valence-corrected chi connectivity index (χ3v) is 4.98. The Labute approximate surface area is 164 Å². The molecule has 0 aliphatic carbocycles. The van der Waals surface area contributed by atoms with E-state index in [2.05, 4.69) is 21.0 Å². The summed E-state index contributed by atoms with van der Waals surface area (Å²) < 4.78 is 8.00. The molecular weight excluding hydrogens is 418 g/mol. The number of aryl methyl sites for hydroxylation is 2. The minimum atomic E-state index is -0.402. The summed E-state index contributed by atoms with van der Waals surface area (Å²) in [4.78, 5) is 26.9. The fourth-order valence-electron chi connectivity index (χ4n) is 3.14. The van der Waals surface area contributed by atoms with Gasteiger partial charge in [0.25, 0.3) is 5.91 Å². The van der Waals surface area contributed by atoms with Gasteiger partial charge in [-0.2, -0.15) is 5.10 Å². The summed E-state index contributed by atoms with van der Waals surface area (Å²) >= 11 is 3.35. The van der Waals surface area contributed by atoms with Crippen LogP contribution in [0.15, 0.2) is 28.7 Å². The number of carbonyl (C=O) groups excluding carboxylic acids is 1. The number of aromatic nitrogens is 2. The standard InChI is InChI=1S/C17H20BrN5O4/c1-12-16(23(25)26)17(20(2)19-12)22-9-7-21(8-10-22)15(24)11-27-14-5-3-13(18)4-6-14/h3-6H,7-11H2,1-2H3. The van der Waals surface area contributed by atoms with Crippen LogP contribution in [-0.4, -0.2) is 58.3 Å². The number of anilines is 1. The van der Waals surface area contributed by atoms with E-state index in [4.69, 9.17) is 4.74 Å². The van der Waals surface area contributed by atoms with Gasteiger partial charge in [0.1, 0.15) is 11.4 Å².